The molecule has 0 aromatic rings. The molecule has 106 valence electrons. The molecular weight excluding hydrogens is 228 g/mol. The van der Waals surface area contributed by atoms with Gasteiger partial charge in [0.25, 0.3) is 0 Å². The lowest BCUT2D eigenvalue weighted by Crippen LogP contribution is -2.48. The zero-order chi connectivity index (χ0) is 13.4. The molecule has 4 nitrogen and oxygen atoms in total. The molecule has 0 spiro atoms. The fourth-order valence-electron chi connectivity index (χ4n) is 2.52. The van der Waals surface area contributed by atoms with Gasteiger partial charge in [-0.05, 0) is 39.8 Å². The van der Waals surface area contributed by atoms with Gasteiger partial charge in [0.2, 0.25) is 0 Å². The molecule has 0 aromatic heterocycles. The largest absolute Gasteiger partial charge is 0.465 e. The van der Waals surface area contributed by atoms with E-state index in [2.05, 4.69) is 24.2 Å². The quantitative estimate of drug-likeness (QED) is 0.705. The smallest absolute Gasteiger partial charge is 0.323 e. The average molecular weight is 256 g/mol. The van der Waals surface area contributed by atoms with Crippen molar-refractivity contribution in [1.29, 1.82) is 0 Å². The van der Waals surface area contributed by atoms with Crippen molar-refractivity contribution in [2.45, 2.75) is 58.0 Å². The van der Waals surface area contributed by atoms with Crippen LogP contribution in [0.2, 0.25) is 0 Å². The first-order valence-electron chi connectivity index (χ1n) is 7.29. The van der Waals surface area contributed by atoms with Crippen LogP contribution in [0.3, 0.4) is 0 Å². The zero-order valence-corrected chi connectivity index (χ0v) is 12.1. The van der Waals surface area contributed by atoms with Crippen LogP contribution in [0.25, 0.3) is 0 Å². The zero-order valence-electron chi connectivity index (χ0n) is 12.1. The number of ether oxygens (including phenoxy) is 1. The maximum atomic E-state index is 11.8. The number of likely N-dealkylation sites (tertiary alicyclic amines) is 1. The number of carbonyl (C=O) groups excluding carboxylic acids is 1. The van der Waals surface area contributed by atoms with Crippen LogP contribution in [-0.4, -0.2) is 49.7 Å². The van der Waals surface area contributed by atoms with E-state index in [0.29, 0.717) is 12.6 Å². The van der Waals surface area contributed by atoms with Crippen molar-refractivity contribution in [2.24, 2.45) is 0 Å². The molecule has 0 bridgehead atoms. The maximum absolute atomic E-state index is 11.8. The van der Waals surface area contributed by atoms with Gasteiger partial charge >= 0.3 is 5.97 Å². The predicted octanol–water partition coefficient (Wildman–Crippen LogP) is 1.79. The number of carbonyl (C=O) groups is 1. The molecule has 0 aliphatic carbocycles. The minimum absolute atomic E-state index is 0.0992. The molecule has 1 saturated heterocycles. The summed E-state index contributed by atoms with van der Waals surface area (Å²) in [6.45, 7) is 6.48. The predicted molar refractivity (Wildman–Crippen MR) is 73.6 cm³/mol. The summed E-state index contributed by atoms with van der Waals surface area (Å²) in [5.74, 6) is -0.0992. The summed E-state index contributed by atoms with van der Waals surface area (Å²) in [5, 5.41) is 3.39. The molecule has 18 heavy (non-hydrogen) atoms. The molecule has 0 aromatic carbocycles. The van der Waals surface area contributed by atoms with Crippen LogP contribution < -0.4 is 5.32 Å². The van der Waals surface area contributed by atoms with E-state index in [9.17, 15) is 4.79 Å². The van der Waals surface area contributed by atoms with Crippen molar-refractivity contribution in [3.05, 3.63) is 0 Å². The third-order valence-electron chi connectivity index (χ3n) is 3.67. The minimum Gasteiger partial charge on any atom is -0.465 e. The Bertz CT molecular complexity index is 246. The summed E-state index contributed by atoms with van der Waals surface area (Å²) in [7, 11) is 2.17. The van der Waals surface area contributed by atoms with Crippen LogP contribution in [0.4, 0.5) is 0 Å². The molecule has 1 rings (SSSR count). The van der Waals surface area contributed by atoms with Gasteiger partial charge in [0, 0.05) is 12.6 Å². The molecule has 1 N–H and O–H groups in total. The molecule has 1 aliphatic heterocycles. The SMILES string of the molecule is CCCC(NCC1CCCCN1C)C(=O)OCC. The number of nitrogens with zero attached hydrogens (tertiary/aromatic N) is 1. The third kappa shape index (κ3) is 4.94. The highest BCUT2D eigenvalue weighted by Gasteiger charge is 2.23. The third-order valence-corrected chi connectivity index (χ3v) is 3.67. The fraction of sp³-hybridized carbons (Fsp3) is 0.929. The summed E-state index contributed by atoms with van der Waals surface area (Å²) >= 11 is 0. The molecule has 2 unspecified atom stereocenters. The lowest BCUT2D eigenvalue weighted by molar-refractivity contribution is -0.145. The summed E-state index contributed by atoms with van der Waals surface area (Å²) in [5.41, 5.74) is 0. The second-order valence-corrected chi connectivity index (χ2v) is 5.13. The van der Waals surface area contributed by atoms with E-state index in [4.69, 9.17) is 4.74 Å². The first-order valence-corrected chi connectivity index (χ1v) is 7.29. The Hall–Kier alpha value is -0.610. The first-order chi connectivity index (χ1) is 8.69. The van der Waals surface area contributed by atoms with Crippen LogP contribution in [0.15, 0.2) is 0 Å². The van der Waals surface area contributed by atoms with E-state index in [1.165, 1.54) is 25.8 Å². The monoisotopic (exact) mass is 256 g/mol. The van der Waals surface area contributed by atoms with Crippen LogP contribution in [0.5, 0.6) is 0 Å². The lowest BCUT2D eigenvalue weighted by atomic mass is 10.0. The van der Waals surface area contributed by atoms with Gasteiger partial charge in [0.1, 0.15) is 6.04 Å². The molecule has 0 radical (unpaired) electrons. The van der Waals surface area contributed by atoms with Gasteiger partial charge < -0.3 is 15.0 Å². The van der Waals surface area contributed by atoms with E-state index >= 15 is 0 Å². The Morgan fingerprint density at radius 3 is 2.83 bits per heavy atom. The van der Waals surface area contributed by atoms with E-state index in [-0.39, 0.29) is 12.0 Å². The number of rotatable bonds is 7. The number of esters is 1. The van der Waals surface area contributed by atoms with Gasteiger partial charge in [-0.2, -0.15) is 0 Å². The number of nitrogens with one attached hydrogen (secondary N) is 1. The molecule has 1 heterocycles. The standard InChI is InChI=1S/C14H28N2O2/c1-4-8-13(14(17)18-5-2)15-11-12-9-6-7-10-16(12)3/h12-13,15H,4-11H2,1-3H3. The summed E-state index contributed by atoms with van der Waals surface area (Å²) < 4.78 is 5.11. The molecular formula is C14H28N2O2. The summed E-state index contributed by atoms with van der Waals surface area (Å²) in [4.78, 5) is 14.2. The van der Waals surface area contributed by atoms with Crippen LogP contribution in [0.1, 0.15) is 46.0 Å². The molecule has 0 amide bonds. The second-order valence-electron chi connectivity index (χ2n) is 5.13. The van der Waals surface area contributed by atoms with Gasteiger partial charge in [0.15, 0.2) is 0 Å². The van der Waals surface area contributed by atoms with Crippen molar-refractivity contribution in [2.75, 3.05) is 26.7 Å². The topological polar surface area (TPSA) is 41.6 Å². The average Bonchev–Trinajstić information content (AvgIpc) is 2.36. The van der Waals surface area contributed by atoms with Gasteiger partial charge in [-0.1, -0.05) is 19.8 Å². The van der Waals surface area contributed by atoms with E-state index < -0.39 is 0 Å². The Kier molecular flexibility index (Phi) is 7.28. The van der Waals surface area contributed by atoms with E-state index in [1.54, 1.807) is 0 Å². The van der Waals surface area contributed by atoms with Crippen molar-refractivity contribution in [1.82, 2.24) is 10.2 Å². The normalized spacial score (nSPS) is 22.7. The highest BCUT2D eigenvalue weighted by molar-refractivity contribution is 5.75. The molecule has 4 heteroatoms. The van der Waals surface area contributed by atoms with Crippen LogP contribution >= 0.6 is 0 Å². The van der Waals surface area contributed by atoms with Crippen molar-refractivity contribution >= 4 is 5.97 Å². The molecule has 1 aliphatic rings. The van der Waals surface area contributed by atoms with Gasteiger partial charge in [-0.15, -0.1) is 0 Å². The summed E-state index contributed by atoms with van der Waals surface area (Å²) in [6, 6.07) is 0.429. The number of piperidine rings is 1. The molecule has 1 fully saturated rings. The van der Waals surface area contributed by atoms with Crippen molar-refractivity contribution < 1.29 is 9.53 Å². The Morgan fingerprint density at radius 1 is 1.44 bits per heavy atom. The maximum Gasteiger partial charge on any atom is 0.323 e. The van der Waals surface area contributed by atoms with E-state index in [0.717, 1.165) is 19.4 Å². The summed E-state index contributed by atoms with van der Waals surface area (Å²) in [6.07, 6.45) is 5.68. The number of likely N-dealkylation sites (N-methyl/N-ethyl adjacent to an activating group) is 1. The van der Waals surface area contributed by atoms with Gasteiger partial charge in [-0.3, -0.25) is 4.79 Å². The van der Waals surface area contributed by atoms with Gasteiger partial charge in [-0.25, -0.2) is 0 Å². The Balaban J connectivity index is 2.38. The highest BCUT2D eigenvalue weighted by atomic mass is 16.5. The first kappa shape index (κ1) is 15.4. The molecule has 2 atom stereocenters. The highest BCUT2D eigenvalue weighted by Crippen LogP contribution is 2.14. The molecule has 0 saturated carbocycles. The van der Waals surface area contributed by atoms with Crippen LogP contribution in [-0.2, 0) is 9.53 Å². The minimum atomic E-state index is -0.134. The van der Waals surface area contributed by atoms with E-state index in [1.807, 2.05) is 6.92 Å². The van der Waals surface area contributed by atoms with Crippen LogP contribution in [0, 0.1) is 0 Å². The lowest BCUT2D eigenvalue weighted by Gasteiger charge is -2.33. The van der Waals surface area contributed by atoms with Crippen molar-refractivity contribution in [3.63, 3.8) is 0 Å². The van der Waals surface area contributed by atoms with Crippen molar-refractivity contribution in [3.8, 4) is 0 Å². The Labute approximate surface area is 111 Å². The second kappa shape index (κ2) is 8.48. The Morgan fingerprint density at radius 2 is 2.22 bits per heavy atom. The van der Waals surface area contributed by atoms with Gasteiger partial charge in [0.05, 0.1) is 6.61 Å². The number of hydrogen-bond acceptors (Lipinski definition) is 4. The fourth-order valence-corrected chi connectivity index (χ4v) is 2.52. The number of hydrogen-bond donors (Lipinski definition) is 1.